The van der Waals surface area contributed by atoms with E-state index in [9.17, 15) is 9.90 Å². The fraction of sp³-hybridized carbons (Fsp3) is 0.412. The number of carbonyl (C=O) groups is 1. The average Bonchev–Trinajstić information content (AvgIpc) is 2.43. The molecule has 1 aromatic heterocycles. The summed E-state index contributed by atoms with van der Waals surface area (Å²) < 4.78 is 0. The van der Waals surface area contributed by atoms with Crippen molar-refractivity contribution in [3.05, 3.63) is 36.0 Å². The second kappa shape index (κ2) is 5.35. The van der Waals surface area contributed by atoms with Crippen LogP contribution in [0.5, 0.6) is 0 Å². The van der Waals surface area contributed by atoms with Crippen molar-refractivity contribution in [1.29, 1.82) is 0 Å². The molecule has 21 heavy (non-hydrogen) atoms. The predicted octanol–water partition coefficient (Wildman–Crippen LogP) is 3.80. The highest BCUT2D eigenvalue weighted by Gasteiger charge is 2.28. The van der Waals surface area contributed by atoms with Crippen molar-refractivity contribution in [1.82, 2.24) is 4.98 Å². The fourth-order valence-corrected chi connectivity index (χ4v) is 2.44. The van der Waals surface area contributed by atoms with Crippen LogP contribution in [0.3, 0.4) is 0 Å². The number of para-hydroxylation sites is 1. The Kier molecular flexibility index (Phi) is 3.90. The molecule has 1 atom stereocenters. The van der Waals surface area contributed by atoms with Gasteiger partial charge in [-0.15, -0.1) is 0 Å². The number of fused-ring (bicyclic) bond motifs is 1. The Hall–Kier alpha value is -2.10. The lowest BCUT2D eigenvalue weighted by atomic mass is 9.86. The van der Waals surface area contributed by atoms with Crippen LogP contribution in [0.15, 0.2) is 30.5 Å². The molecule has 2 rings (SSSR count). The minimum Gasteiger partial charge on any atom is -0.478 e. The molecule has 1 aromatic carbocycles. The zero-order valence-electron chi connectivity index (χ0n) is 13.2. The summed E-state index contributed by atoms with van der Waals surface area (Å²) in [7, 11) is 1.95. The van der Waals surface area contributed by atoms with Crippen LogP contribution in [-0.2, 0) is 0 Å². The Morgan fingerprint density at radius 1 is 1.29 bits per heavy atom. The number of aromatic carboxylic acids is 1. The smallest absolute Gasteiger partial charge is 0.339 e. The van der Waals surface area contributed by atoms with Gasteiger partial charge in [0, 0.05) is 24.7 Å². The van der Waals surface area contributed by atoms with Crippen LogP contribution in [0.25, 0.3) is 10.9 Å². The molecule has 0 aliphatic rings. The average molecular weight is 286 g/mol. The summed E-state index contributed by atoms with van der Waals surface area (Å²) in [6.07, 6.45) is 1.45. The molecule has 0 radical (unpaired) electrons. The van der Waals surface area contributed by atoms with Crippen molar-refractivity contribution >= 4 is 22.6 Å². The van der Waals surface area contributed by atoms with Gasteiger partial charge in [-0.1, -0.05) is 39.0 Å². The van der Waals surface area contributed by atoms with E-state index in [2.05, 4.69) is 32.7 Å². The van der Waals surface area contributed by atoms with Gasteiger partial charge in [0.15, 0.2) is 0 Å². The second-order valence-electron chi connectivity index (χ2n) is 6.50. The van der Waals surface area contributed by atoms with E-state index in [1.54, 1.807) is 0 Å². The minimum atomic E-state index is -0.948. The number of nitrogens with zero attached hydrogens (tertiary/aromatic N) is 2. The fourth-order valence-electron chi connectivity index (χ4n) is 2.44. The maximum Gasteiger partial charge on any atom is 0.339 e. The number of carboxylic acid groups (broad SMARTS) is 1. The molecule has 4 heteroatoms. The molecular weight excluding hydrogens is 264 g/mol. The molecule has 1 unspecified atom stereocenters. The molecule has 4 nitrogen and oxygen atoms in total. The molecule has 0 amide bonds. The van der Waals surface area contributed by atoms with Crippen molar-refractivity contribution in [2.75, 3.05) is 11.9 Å². The van der Waals surface area contributed by atoms with Crippen LogP contribution in [0.4, 0.5) is 5.69 Å². The molecule has 1 N–H and O–H groups in total. The van der Waals surface area contributed by atoms with Crippen LogP contribution in [0, 0.1) is 5.41 Å². The normalized spacial score (nSPS) is 13.2. The van der Waals surface area contributed by atoms with E-state index in [1.165, 1.54) is 6.20 Å². The Morgan fingerprint density at radius 3 is 2.48 bits per heavy atom. The molecule has 112 valence electrons. The first-order valence-electron chi connectivity index (χ1n) is 7.07. The van der Waals surface area contributed by atoms with Crippen molar-refractivity contribution in [3.8, 4) is 0 Å². The molecule has 2 aromatic rings. The van der Waals surface area contributed by atoms with Crippen molar-refractivity contribution in [2.45, 2.75) is 33.7 Å². The van der Waals surface area contributed by atoms with Gasteiger partial charge in [-0.2, -0.15) is 0 Å². The highest BCUT2D eigenvalue weighted by Crippen LogP contribution is 2.34. The van der Waals surface area contributed by atoms with Crippen molar-refractivity contribution < 1.29 is 9.90 Å². The third kappa shape index (κ3) is 2.84. The molecule has 0 spiro atoms. The van der Waals surface area contributed by atoms with Gasteiger partial charge in [0.1, 0.15) is 5.56 Å². The van der Waals surface area contributed by atoms with Crippen LogP contribution < -0.4 is 4.90 Å². The second-order valence-corrected chi connectivity index (χ2v) is 6.50. The minimum absolute atomic E-state index is 0.0366. The Balaban J connectivity index is 2.70. The van der Waals surface area contributed by atoms with Gasteiger partial charge in [0.2, 0.25) is 0 Å². The molecule has 0 fully saturated rings. The van der Waals surface area contributed by atoms with Crippen molar-refractivity contribution in [2.24, 2.45) is 5.41 Å². The van der Waals surface area contributed by atoms with Crippen LogP contribution in [0.2, 0.25) is 0 Å². The lowest BCUT2D eigenvalue weighted by Gasteiger charge is -2.37. The number of rotatable bonds is 3. The number of benzene rings is 1. The number of hydrogen-bond acceptors (Lipinski definition) is 3. The zero-order chi connectivity index (χ0) is 15.8. The number of anilines is 1. The van der Waals surface area contributed by atoms with Crippen LogP contribution >= 0.6 is 0 Å². The number of carboxylic acids is 1. The van der Waals surface area contributed by atoms with Gasteiger partial charge in [0.05, 0.1) is 11.2 Å². The molecule has 0 aliphatic heterocycles. The van der Waals surface area contributed by atoms with E-state index in [1.807, 2.05) is 36.2 Å². The first-order chi connectivity index (χ1) is 9.73. The summed E-state index contributed by atoms with van der Waals surface area (Å²) >= 11 is 0. The van der Waals surface area contributed by atoms with Crippen LogP contribution in [0.1, 0.15) is 38.1 Å². The van der Waals surface area contributed by atoms with Gasteiger partial charge >= 0.3 is 5.97 Å². The number of hydrogen-bond donors (Lipinski definition) is 1. The van der Waals surface area contributed by atoms with Gasteiger partial charge in [0.25, 0.3) is 0 Å². The van der Waals surface area contributed by atoms with Crippen molar-refractivity contribution in [3.63, 3.8) is 0 Å². The van der Waals surface area contributed by atoms with Gasteiger partial charge in [-0.05, 0) is 18.4 Å². The summed E-state index contributed by atoms with van der Waals surface area (Å²) in [5.41, 5.74) is 1.82. The van der Waals surface area contributed by atoms with Crippen LogP contribution in [-0.4, -0.2) is 29.1 Å². The molecule has 0 bridgehead atoms. The summed E-state index contributed by atoms with van der Waals surface area (Å²) in [6.45, 7) is 8.56. The number of aromatic nitrogens is 1. The van der Waals surface area contributed by atoms with E-state index < -0.39 is 5.97 Å². The Labute approximate surface area is 125 Å². The lowest BCUT2D eigenvalue weighted by molar-refractivity contribution is 0.0697. The molecule has 0 saturated carbocycles. The van der Waals surface area contributed by atoms with E-state index in [4.69, 9.17) is 0 Å². The SMILES string of the molecule is CC(N(C)c1c(C(=O)O)cnc2ccccc12)C(C)(C)C. The summed E-state index contributed by atoms with van der Waals surface area (Å²) in [5, 5.41) is 10.4. The number of pyridine rings is 1. The largest absolute Gasteiger partial charge is 0.478 e. The lowest BCUT2D eigenvalue weighted by Crippen LogP contribution is -2.40. The van der Waals surface area contributed by atoms with E-state index in [0.717, 1.165) is 16.6 Å². The molecule has 0 aliphatic carbocycles. The predicted molar refractivity (Wildman–Crippen MR) is 86.0 cm³/mol. The molecule has 0 saturated heterocycles. The van der Waals surface area contributed by atoms with Gasteiger partial charge in [-0.3, -0.25) is 4.98 Å². The first-order valence-corrected chi connectivity index (χ1v) is 7.07. The maximum absolute atomic E-state index is 11.6. The van der Waals surface area contributed by atoms with Gasteiger partial charge in [-0.25, -0.2) is 4.79 Å². The molecular formula is C17H22N2O2. The zero-order valence-corrected chi connectivity index (χ0v) is 13.2. The summed E-state index contributed by atoms with van der Waals surface area (Å²) in [6, 6.07) is 7.83. The van der Waals surface area contributed by atoms with E-state index >= 15 is 0 Å². The third-order valence-electron chi connectivity index (χ3n) is 4.16. The van der Waals surface area contributed by atoms with E-state index in [-0.39, 0.29) is 17.0 Å². The first kappa shape index (κ1) is 15.3. The highest BCUT2D eigenvalue weighted by atomic mass is 16.4. The quantitative estimate of drug-likeness (QED) is 0.932. The summed E-state index contributed by atoms with van der Waals surface area (Å²) in [4.78, 5) is 17.9. The highest BCUT2D eigenvalue weighted by molar-refractivity contribution is 6.04. The van der Waals surface area contributed by atoms with E-state index in [0.29, 0.717) is 0 Å². The third-order valence-corrected chi connectivity index (χ3v) is 4.16. The monoisotopic (exact) mass is 286 g/mol. The Morgan fingerprint density at radius 2 is 1.90 bits per heavy atom. The molecule has 1 heterocycles. The standard InChI is InChI=1S/C17H22N2O2/c1-11(17(2,3)4)19(5)15-12-8-6-7-9-14(12)18-10-13(15)16(20)21/h6-11H,1-5H3,(H,20,21). The Bertz CT molecular complexity index is 674. The van der Waals surface area contributed by atoms with Gasteiger partial charge < -0.3 is 10.0 Å². The topological polar surface area (TPSA) is 53.4 Å². The maximum atomic E-state index is 11.6. The summed E-state index contributed by atoms with van der Waals surface area (Å²) in [5.74, 6) is -0.948.